The molecule has 4 aromatic rings. The Hall–Kier alpha value is -5.20. The molecule has 12 nitrogen and oxygen atoms in total. The van der Waals surface area contributed by atoms with Gasteiger partial charge in [-0.15, -0.1) is 0 Å². The van der Waals surface area contributed by atoms with E-state index in [9.17, 15) is 4.39 Å². The Morgan fingerprint density at radius 1 is 0.944 bits per heavy atom. The number of ether oxygens (including phenoxy) is 1. The monoisotopic (exact) mass is 500 g/mol. The van der Waals surface area contributed by atoms with Gasteiger partial charge in [-0.05, 0) is 29.3 Å². The lowest BCUT2D eigenvalue weighted by molar-refractivity contribution is 0.135. The molecule has 0 unspecified atom stereocenters. The fourth-order valence-corrected chi connectivity index (χ4v) is 2.74. The topological polar surface area (TPSA) is 202 Å². The largest absolute Gasteiger partial charge is 0.503 e. The molecule has 0 bridgehead atoms. The van der Waals surface area contributed by atoms with Gasteiger partial charge in [0.05, 0.1) is 11.3 Å². The van der Waals surface area contributed by atoms with E-state index in [1.165, 1.54) is 6.07 Å². The molecule has 13 heteroatoms. The van der Waals surface area contributed by atoms with Gasteiger partial charge in [-0.3, -0.25) is 0 Å². The molecule has 0 saturated carbocycles. The van der Waals surface area contributed by atoms with Gasteiger partial charge < -0.3 is 35.4 Å². The number of halogens is 1. The summed E-state index contributed by atoms with van der Waals surface area (Å²) in [6.45, 7) is 0.311. The number of anilines is 1. The van der Waals surface area contributed by atoms with E-state index in [1.807, 2.05) is 36.4 Å². The van der Waals surface area contributed by atoms with E-state index in [4.69, 9.17) is 45.0 Å². The third-order valence-electron chi connectivity index (χ3n) is 4.15. The third-order valence-corrected chi connectivity index (χ3v) is 4.15. The Morgan fingerprint density at radius 2 is 1.58 bits per heavy atom. The highest BCUT2D eigenvalue weighted by Crippen LogP contribution is 2.25. The van der Waals surface area contributed by atoms with Crippen molar-refractivity contribution >= 4 is 18.1 Å². The standard InChI is InChI=1S/C21H17FN4O2.2CH2O3/c22-19-4-1-5-20(25-19)27-13-15-8-6-14(7-9-15)11-16-12-18(28-26-16)17-3-2-10-24-21(17)23;2*2-1(3)4/h1-10,12H,11,13H2,(H2,23,24);2*(H2,2,3,4). The molecule has 188 valence electrons. The molecule has 0 spiro atoms. The first-order valence-corrected chi connectivity index (χ1v) is 9.97. The predicted octanol–water partition coefficient (Wildman–Crippen LogP) is 4.47. The van der Waals surface area contributed by atoms with Crippen molar-refractivity contribution < 1.29 is 43.7 Å². The third kappa shape index (κ3) is 9.74. The maximum Gasteiger partial charge on any atom is 0.503 e. The van der Waals surface area contributed by atoms with Crippen LogP contribution in [0.5, 0.6) is 5.88 Å². The lowest BCUT2D eigenvalue weighted by Crippen LogP contribution is -1.98. The molecule has 6 N–H and O–H groups in total. The van der Waals surface area contributed by atoms with Crippen LogP contribution in [0.25, 0.3) is 11.3 Å². The van der Waals surface area contributed by atoms with Gasteiger partial charge in [-0.25, -0.2) is 14.6 Å². The zero-order chi connectivity index (χ0) is 26.5. The lowest BCUT2D eigenvalue weighted by atomic mass is 10.1. The summed E-state index contributed by atoms with van der Waals surface area (Å²) in [5.74, 6) is 0.692. The maximum absolute atomic E-state index is 13.1. The zero-order valence-corrected chi connectivity index (χ0v) is 18.5. The molecular weight excluding hydrogens is 479 g/mol. The first-order valence-electron chi connectivity index (χ1n) is 9.97. The first-order chi connectivity index (χ1) is 17.1. The molecule has 0 atom stereocenters. The SMILES string of the molecule is Nc1ncccc1-c1cc(Cc2ccc(COc3cccc(F)n3)cc2)no1.O=C(O)O.O=C(O)O. The van der Waals surface area contributed by atoms with Crippen molar-refractivity contribution in [2.45, 2.75) is 13.0 Å². The number of rotatable bonds is 6. The van der Waals surface area contributed by atoms with Gasteiger partial charge >= 0.3 is 12.3 Å². The quantitative estimate of drug-likeness (QED) is 0.233. The van der Waals surface area contributed by atoms with Gasteiger partial charge in [0, 0.05) is 24.8 Å². The Morgan fingerprint density at radius 3 is 2.19 bits per heavy atom. The summed E-state index contributed by atoms with van der Waals surface area (Å²) in [6, 6.07) is 17.8. The van der Waals surface area contributed by atoms with Crippen molar-refractivity contribution in [3.8, 4) is 17.2 Å². The van der Waals surface area contributed by atoms with Crippen molar-refractivity contribution in [3.05, 3.63) is 89.6 Å². The lowest BCUT2D eigenvalue weighted by Gasteiger charge is -2.06. The smallest absolute Gasteiger partial charge is 0.473 e. The highest BCUT2D eigenvalue weighted by molar-refractivity contribution is 5.69. The Kier molecular flexibility index (Phi) is 10.1. The number of carboxylic acid groups (broad SMARTS) is 4. The number of hydrogen-bond acceptors (Lipinski definition) is 8. The summed E-state index contributed by atoms with van der Waals surface area (Å²) < 4.78 is 24.0. The summed E-state index contributed by atoms with van der Waals surface area (Å²) in [4.78, 5) is 24.8. The van der Waals surface area contributed by atoms with Crippen LogP contribution < -0.4 is 10.5 Å². The fourth-order valence-electron chi connectivity index (χ4n) is 2.74. The van der Waals surface area contributed by atoms with Crippen LogP contribution in [0.1, 0.15) is 16.8 Å². The molecule has 0 aliphatic heterocycles. The molecule has 4 rings (SSSR count). The number of benzene rings is 1. The van der Waals surface area contributed by atoms with E-state index in [0.29, 0.717) is 24.6 Å². The van der Waals surface area contributed by atoms with Gasteiger partial charge in [0.1, 0.15) is 12.4 Å². The fraction of sp³-hybridized carbons (Fsp3) is 0.0870. The normalized spacial score (nSPS) is 9.69. The predicted molar refractivity (Wildman–Crippen MR) is 123 cm³/mol. The van der Waals surface area contributed by atoms with Crippen molar-refractivity contribution in [3.63, 3.8) is 0 Å². The summed E-state index contributed by atoms with van der Waals surface area (Å²) >= 11 is 0. The van der Waals surface area contributed by atoms with Crippen LogP contribution in [-0.2, 0) is 13.0 Å². The Bertz CT molecular complexity index is 1260. The average molecular weight is 500 g/mol. The van der Waals surface area contributed by atoms with E-state index < -0.39 is 18.3 Å². The van der Waals surface area contributed by atoms with Crippen molar-refractivity contribution in [2.24, 2.45) is 0 Å². The van der Waals surface area contributed by atoms with Crippen molar-refractivity contribution in [1.82, 2.24) is 15.1 Å². The van der Waals surface area contributed by atoms with Crippen LogP contribution in [0, 0.1) is 5.95 Å². The zero-order valence-electron chi connectivity index (χ0n) is 18.5. The summed E-state index contributed by atoms with van der Waals surface area (Å²) in [5.41, 5.74) is 9.43. The molecule has 1 aromatic carbocycles. The molecule has 0 fully saturated rings. The van der Waals surface area contributed by atoms with Gasteiger partial charge in [-0.1, -0.05) is 35.5 Å². The maximum atomic E-state index is 13.1. The molecule has 36 heavy (non-hydrogen) atoms. The van der Waals surface area contributed by atoms with Crippen LogP contribution in [0.4, 0.5) is 19.8 Å². The highest BCUT2D eigenvalue weighted by Gasteiger charge is 2.10. The molecule has 0 radical (unpaired) electrons. The Labute approximate surface area is 203 Å². The van der Waals surface area contributed by atoms with Crippen molar-refractivity contribution in [2.75, 3.05) is 5.73 Å². The minimum Gasteiger partial charge on any atom is -0.473 e. The molecule has 0 aliphatic rings. The minimum absolute atomic E-state index is 0.258. The summed E-state index contributed by atoms with van der Waals surface area (Å²) in [5, 5.41) is 32.0. The molecule has 0 aliphatic carbocycles. The highest BCUT2D eigenvalue weighted by atomic mass is 19.1. The van der Waals surface area contributed by atoms with E-state index >= 15 is 0 Å². The summed E-state index contributed by atoms with van der Waals surface area (Å²) in [6.07, 6.45) is -1.41. The van der Waals surface area contributed by atoms with Gasteiger partial charge in [0.25, 0.3) is 0 Å². The van der Waals surface area contributed by atoms with E-state index in [2.05, 4.69) is 15.1 Å². The molecule has 0 amide bonds. The molecule has 3 aromatic heterocycles. The van der Waals surface area contributed by atoms with E-state index in [-0.39, 0.29) is 5.88 Å². The van der Waals surface area contributed by atoms with Crippen LogP contribution in [0.3, 0.4) is 0 Å². The van der Waals surface area contributed by atoms with E-state index in [0.717, 1.165) is 22.4 Å². The second-order valence-electron chi connectivity index (χ2n) is 6.76. The molecule has 0 saturated heterocycles. The van der Waals surface area contributed by atoms with Crippen LogP contribution in [-0.4, -0.2) is 47.9 Å². The molecule has 3 heterocycles. The van der Waals surface area contributed by atoms with Crippen LogP contribution in [0.2, 0.25) is 0 Å². The number of hydrogen-bond donors (Lipinski definition) is 5. The van der Waals surface area contributed by atoms with E-state index in [1.54, 1.807) is 24.4 Å². The van der Waals surface area contributed by atoms with Crippen LogP contribution >= 0.6 is 0 Å². The first kappa shape index (κ1) is 27.0. The van der Waals surface area contributed by atoms with Gasteiger partial charge in [0.15, 0.2) is 5.76 Å². The number of nitrogens with zero attached hydrogens (tertiary/aromatic N) is 3. The number of aromatic nitrogens is 3. The number of carbonyl (C=O) groups is 2. The molecular formula is C23H21FN4O8. The van der Waals surface area contributed by atoms with Crippen LogP contribution in [0.15, 0.2) is 71.4 Å². The second kappa shape index (κ2) is 13.5. The van der Waals surface area contributed by atoms with Gasteiger partial charge in [-0.2, -0.15) is 9.37 Å². The summed E-state index contributed by atoms with van der Waals surface area (Å²) in [7, 11) is 0. The van der Waals surface area contributed by atoms with Gasteiger partial charge in [0.2, 0.25) is 11.8 Å². The number of pyridine rings is 2. The second-order valence-corrected chi connectivity index (χ2v) is 6.76. The minimum atomic E-state index is -1.83. The van der Waals surface area contributed by atoms with Crippen molar-refractivity contribution in [1.29, 1.82) is 0 Å². The Balaban J connectivity index is 0.000000501. The average Bonchev–Trinajstić information content (AvgIpc) is 3.26. The number of nitrogen functional groups attached to an aromatic ring is 1. The number of nitrogens with two attached hydrogens (primary N) is 1.